The number of hydrogen-bond acceptors (Lipinski definition) is 18. The largest absolute Gasteiger partial charge is 0.420 e. The van der Waals surface area contributed by atoms with Crippen LogP contribution in [0.2, 0.25) is 0 Å². The molecule has 2 aromatic rings. The maximum atomic E-state index is 13.6. The van der Waals surface area contributed by atoms with Gasteiger partial charge in [0.1, 0.15) is 5.84 Å². The van der Waals surface area contributed by atoms with Crippen LogP contribution in [0.15, 0.2) is 22.7 Å². The van der Waals surface area contributed by atoms with Crippen molar-refractivity contribution in [2.45, 2.75) is 52.6 Å². The van der Waals surface area contributed by atoms with E-state index in [1.807, 2.05) is 17.0 Å². The van der Waals surface area contributed by atoms with E-state index in [-0.39, 0.29) is 31.8 Å². The molecular weight excluding hydrogens is 977 g/mol. The lowest BCUT2D eigenvalue weighted by Crippen LogP contribution is -2.34. The van der Waals surface area contributed by atoms with Crippen molar-refractivity contribution in [3.05, 3.63) is 50.7 Å². The third-order valence-electron chi connectivity index (χ3n) is 10.1. The van der Waals surface area contributed by atoms with Gasteiger partial charge in [0.15, 0.2) is 11.6 Å². The summed E-state index contributed by atoms with van der Waals surface area (Å²) in [6, 6.07) is 2.02. The van der Waals surface area contributed by atoms with Gasteiger partial charge < -0.3 is 72.4 Å². The lowest BCUT2D eigenvalue weighted by Gasteiger charge is -2.22. The molecule has 0 saturated heterocycles. The molecule has 2 heterocycles. The van der Waals surface area contributed by atoms with E-state index in [1.165, 1.54) is 0 Å². The topological polar surface area (TPSA) is 190 Å². The monoisotopic (exact) mass is 1050 g/mol. The van der Waals surface area contributed by atoms with Crippen LogP contribution in [0.3, 0.4) is 0 Å². The van der Waals surface area contributed by atoms with Crippen LogP contribution in [0, 0.1) is 23.3 Å². The highest BCUT2D eigenvalue weighted by Gasteiger charge is 2.24. The first-order chi connectivity index (χ1) is 35.0. The number of aliphatic imine (C=N–C) groups is 1. The Morgan fingerprint density at radius 3 is 1.50 bits per heavy atom. The molecule has 1 aliphatic rings. The van der Waals surface area contributed by atoms with Crippen molar-refractivity contribution in [1.29, 1.82) is 0 Å². The number of ether oxygens (including phenoxy) is 12. The third-order valence-corrected chi connectivity index (χ3v) is 11.1. The van der Waals surface area contributed by atoms with Gasteiger partial charge in [-0.1, -0.05) is 13.8 Å². The second-order valence-corrected chi connectivity index (χ2v) is 17.2. The number of fused-ring (bicyclic) bond motifs is 1. The fourth-order valence-corrected chi connectivity index (χ4v) is 7.49. The van der Waals surface area contributed by atoms with Gasteiger partial charge in [-0.3, -0.25) is 9.59 Å². The van der Waals surface area contributed by atoms with Crippen LogP contribution in [0.1, 0.15) is 55.7 Å². The number of rotatable bonds is 45. The van der Waals surface area contributed by atoms with E-state index in [1.54, 1.807) is 11.3 Å². The molecule has 0 atom stereocenters. The fourth-order valence-electron chi connectivity index (χ4n) is 6.49. The van der Waals surface area contributed by atoms with Crippen LogP contribution in [0.4, 0.5) is 23.2 Å². The summed E-state index contributed by atoms with van der Waals surface area (Å²) in [7, 11) is 2.06. The smallest absolute Gasteiger partial charge is 0.313 e. The minimum Gasteiger partial charge on any atom is -0.420 e. The normalized spacial score (nSPS) is 12.6. The quantitative estimate of drug-likeness (QED) is 0.0278. The second-order valence-electron chi connectivity index (χ2n) is 16.1. The average Bonchev–Trinajstić information content (AvgIpc) is 3.66. The summed E-state index contributed by atoms with van der Waals surface area (Å²) >= 11 is 1.59. The van der Waals surface area contributed by atoms with E-state index in [2.05, 4.69) is 35.5 Å². The molecule has 0 spiro atoms. The summed E-state index contributed by atoms with van der Waals surface area (Å²) in [4.78, 5) is 35.7. The number of nitrogens with two attached hydrogens (primary N) is 1. The van der Waals surface area contributed by atoms with Crippen LogP contribution >= 0.6 is 11.3 Å². The van der Waals surface area contributed by atoms with Crippen LogP contribution in [0.5, 0.6) is 5.75 Å². The molecule has 0 fully saturated rings. The molecule has 0 unspecified atom stereocenters. The molecule has 1 aliphatic heterocycles. The Hall–Kier alpha value is -3.69. The van der Waals surface area contributed by atoms with Gasteiger partial charge in [0.25, 0.3) is 0 Å². The van der Waals surface area contributed by atoms with Crippen molar-refractivity contribution in [2.24, 2.45) is 10.7 Å². The van der Waals surface area contributed by atoms with Crippen LogP contribution in [-0.2, 0) is 68.3 Å². The van der Waals surface area contributed by atoms with E-state index in [9.17, 15) is 27.2 Å². The molecule has 0 bridgehead atoms. The first-order valence-electron chi connectivity index (χ1n) is 24.6. The molecule has 18 nitrogen and oxygen atoms in total. The first-order valence-corrected chi connectivity index (χ1v) is 25.4. The van der Waals surface area contributed by atoms with Crippen molar-refractivity contribution >= 4 is 40.8 Å². The van der Waals surface area contributed by atoms with E-state index < -0.39 is 41.4 Å². The lowest BCUT2D eigenvalue weighted by molar-refractivity contribution is -0.136. The molecule has 0 radical (unpaired) electrons. The van der Waals surface area contributed by atoms with E-state index in [0.29, 0.717) is 143 Å². The fraction of sp³-hybridized carbons (Fsp3) is 0.694. The highest BCUT2D eigenvalue weighted by molar-refractivity contribution is 7.13. The standard InChI is InChI=1S/C49H76F4N4O14S/c1-4-8-57(9-5-2)49(59)38-33-43-42(55-44(54)34-38)35-39(72-43)37-70-12-6-10-56(3)11-14-61-16-18-63-20-22-65-24-26-67-28-30-69-32-31-68-29-27-66-25-23-64-21-19-62-17-15-60-13-7-45(58)71-48-46(52)40(50)36-41(51)47(48)53/h33,35-36H,4-32,34,37H2,1-3H3,(H2,54,55). The molecule has 1 aromatic carbocycles. The number of hydrogen-bond donors (Lipinski definition) is 1. The highest BCUT2D eigenvalue weighted by Crippen LogP contribution is 2.35. The summed E-state index contributed by atoms with van der Waals surface area (Å²) in [6.45, 7) is 16.1. The zero-order valence-electron chi connectivity index (χ0n) is 42.2. The third kappa shape index (κ3) is 27.6. The minimum atomic E-state index is -1.80. The molecule has 23 heteroatoms. The zero-order chi connectivity index (χ0) is 52.0. The maximum Gasteiger partial charge on any atom is 0.313 e. The zero-order valence-corrected chi connectivity index (χ0v) is 43.0. The molecule has 0 saturated carbocycles. The molecule has 2 N–H and O–H groups in total. The van der Waals surface area contributed by atoms with Crippen LogP contribution < -0.4 is 10.5 Å². The summed E-state index contributed by atoms with van der Waals surface area (Å²) < 4.78 is 119. The number of esters is 1. The number of amides is 1. The number of halogens is 4. The summed E-state index contributed by atoms with van der Waals surface area (Å²) in [5.41, 5.74) is 7.69. The summed E-state index contributed by atoms with van der Waals surface area (Å²) in [6.07, 6.45) is 4.62. The van der Waals surface area contributed by atoms with Gasteiger partial charge in [-0.15, -0.1) is 11.3 Å². The van der Waals surface area contributed by atoms with Crippen molar-refractivity contribution in [2.75, 3.05) is 172 Å². The van der Waals surface area contributed by atoms with Gasteiger partial charge in [0.2, 0.25) is 23.3 Å². The number of thiophene rings is 1. The molecule has 3 rings (SSSR count). The van der Waals surface area contributed by atoms with E-state index >= 15 is 0 Å². The number of carbonyl (C=O) groups is 2. The van der Waals surface area contributed by atoms with Gasteiger partial charge in [-0.2, -0.15) is 8.78 Å². The summed E-state index contributed by atoms with van der Waals surface area (Å²) in [5.74, 6) is -9.01. The van der Waals surface area contributed by atoms with E-state index in [4.69, 9.17) is 57.8 Å². The Morgan fingerprint density at radius 1 is 0.597 bits per heavy atom. The Kier molecular flexibility index (Phi) is 34.5. The number of benzene rings is 1. The number of amidine groups is 1. The van der Waals surface area contributed by atoms with Crippen molar-refractivity contribution in [3.8, 4) is 5.75 Å². The Morgan fingerprint density at radius 2 is 1.04 bits per heavy atom. The second kappa shape index (κ2) is 39.7. The molecule has 410 valence electrons. The Balaban J connectivity index is 0.982. The first kappa shape index (κ1) is 62.6. The van der Waals surface area contributed by atoms with Gasteiger partial charge in [-0.05, 0) is 38.5 Å². The predicted octanol–water partition coefficient (Wildman–Crippen LogP) is 5.73. The summed E-state index contributed by atoms with van der Waals surface area (Å²) in [5, 5.41) is 0. The van der Waals surface area contributed by atoms with E-state index in [0.717, 1.165) is 60.9 Å². The van der Waals surface area contributed by atoms with Crippen LogP contribution in [0.25, 0.3) is 6.08 Å². The van der Waals surface area contributed by atoms with Gasteiger partial charge in [0.05, 0.1) is 156 Å². The van der Waals surface area contributed by atoms with Crippen LogP contribution in [-0.4, -0.2) is 199 Å². The minimum absolute atomic E-state index is 0.0183. The SMILES string of the molecule is CCCN(CCC)C(=O)C1=Cc2sc(COCCCN(C)CCOCCOCCOCCOCCOCCOCCOCCOCCOCCOCCC(=O)Oc3c(F)c(F)cc(F)c3F)cc2N=C(N)C1. The number of nitrogens with zero attached hydrogens (tertiary/aromatic N) is 3. The Bertz CT molecular complexity index is 1830. The Labute approximate surface area is 425 Å². The van der Waals surface area contributed by atoms with Gasteiger partial charge in [-0.25, -0.2) is 13.8 Å². The van der Waals surface area contributed by atoms with Crippen molar-refractivity contribution in [3.63, 3.8) is 0 Å². The molecule has 1 amide bonds. The number of likely N-dealkylation sites (N-methyl/N-ethyl adjacent to an activating group) is 1. The number of carbonyl (C=O) groups excluding carboxylic acids is 2. The molecule has 0 aliphatic carbocycles. The molecular formula is C49H76F4N4O14S. The maximum absolute atomic E-state index is 13.6. The van der Waals surface area contributed by atoms with Crippen molar-refractivity contribution < 1.29 is 84.0 Å². The van der Waals surface area contributed by atoms with Gasteiger partial charge in [0, 0.05) is 55.7 Å². The average molecular weight is 1050 g/mol. The predicted molar refractivity (Wildman–Crippen MR) is 262 cm³/mol. The van der Waals surface area contributed by atoms with Crippen molar-refractivity contribution in [1.82, 2.24) is 9.80 Å². The highest BCUT2D eigenvalue weighted by atomic mass is 32.1. The van der Waals surface area contributed by atoms with Gasteiger partial charge >= 0.3 is 5.97 Å². The molecule has 72 heavy (non-hydrogen) atoms. The molecule has 1 aromatic heterocycles. The lowest BCUT2D eigenvalue weighted by atomic mass is 10.1.